The van der Waals surface area contributed by atoms with Crippen LogP contribution in [0.5, 0.6) is 0 Å². The Bertz CT molecular complexity index is 385. The molecule has 4 nitrogen and oxygen atoms in total. The van der Waals surface area contributed by atoms with Gasteiger partial charge in [0, 0.05) is 18.1 Å². The van der Waals surface area contributed by atoms with Gasteiger partial charge in [0.25, 0.3) is 0 Å². The molecule has 0 atom stereocenters. The predicted octanol–water partition coefficient (Wildman–Crippen LogP) is 2.42. The van der Waals surface area contributed by atoms with Crippen molar-refractivity contribution in [2.45, 2.75) is 6.92 Å². The molecule has 0 aromatic heterocycles. The lowest BCUT2D eigenvalue weighted by Gasteiger charge is -2.28. The fourth-order valence-electron chi connectivity index (χ4n) is 1.63. The molecule has 1 saturated heterocycles. The number of hydrogen-bond donors (Lipinski definition) is 1. The van der Waals surface area contributed by atoms with Crippen molar-refractivity contribution in [2.24, 2.45) is 5.10 Å². The molecule has 0 saturated carbocycles. The summed E-state index contributed by atoms with van der Waals surface area (Å²) in [5.74, 6) is 0.975. The number of hydrogen-bond acceptors (Lipinski definition) is 3. The molecule has 17 heavy (non-hydrogen) atoms. The van der Waals surface area contributed by atoms with Crippen molar-refractivity contribution in [2.75, 3.05) is 31.7 Å². The highest BCUT2D eigenvalue weighted by atomic mass is 35.5. The molecule has 0 amide bonds. The Hall–Kier alpha value is -1.26. The van der Waals surface area contributed by atoms with Crippen molar-refractivity contribution >= 4 is 23.1 Å². The van der Waals surface area contributed by atoms with Crippen molar-refractivity contribution < 1.29 is 4.74 Å². The summed E-state index contributed by atoms with van der Waals surface area (Å²) in [4.78, 5) is 2.20. The number of ether oxygens (including phenoxy) is 1. The molecule has 0 radical (unpaired) electrons. The standard InChI is InChI=1S/C12H16ClN3O/c1-10(16-6-8-17-9-7-16)14-15-12-4-2-11(13)3-5-12/h2-5,15H,6-9H2,1H3/b14-10-. The summed E-state index contributed by atoms with van der Waals surface area (Å²) in [6.07, 6.45) is 0. The van der Waals surface area contributed by atoms with E-state index in [2.05, 4.69) is 15.4 Å². The van der Waals surface area contributed by atoms with Gasteiger partial charge < -0.3 is 9.64 Å². The number of nitrogens with one attached hydrogen (secondary N) is 1. The van der Waals surface area contributed by atoms with Gasteiger partial charge in [0.2, 0.25) is 0 Å². The number of nitrogens with zero attached hydrogens (tertiary/aromatic N) is 2. The lowest BCUT2D eigenvalue weighted by atomic mass is 10.3. The zero-order valence-corrected chi connectivity index (χ0v) is 10.6. The van der Waals surface area contributed by atoms with Crippen LogP contribution in [0, 0.1) is 0 Å². The molecule has 1 heterocycles. The van der Waals surface area contributed by atoms with E-state index in [1.165, 1.54) is 0 Å². The topological polar surface area (TPSA) is 36.9 Å². The van der Waals surface area contributed by atoms with Crippen LogP contribution in [0.3, 0.4) is 0 Å². The summed E-state index contributed by atoms with van der Waals surface area (Å²) in [5.41, 5.74) is 3.95. The van der Waals surface area contributed by atoms with Gasteiger partial charge in [-0.05, 0) is 31.2 Å². The van der Waals surface area contributed by atoms with Crippen molar-refractivity contribution in [1.82, 2.24) is 4.90 Å². The van der Waals surface area contributed by atoms with Crippen LogP contribution in [0.15, 0.2) is 29.4 Å². The molecular formula is C12H16ClN3O. The molecule has 0 spiro atoms. The molecule has 1 fully saturated rings. The highest BCUT2D eigenvalue weighted by molar-refractivity contribution is 6.30. The van der Waals surface area contributed by atoms with Gasteiger partial charge in [-0.2, -0.15) is 5.10 Å². The second-order valence-electron chi connectivity index (χ2n) is 3.88. The number of rotatable bonds is 2. The zero-order valence-electron chi connectivity index (χ0n) is 9.82. The first kappa shape index (κ1) is 12.2. The SMILES string of the molecule is C/C(=N/Nc1ccc(Cl)cc1)N1CCOCC1. The Labute approximate surface area is 106 Å². The predicted molar refractivity (Wildman–Crippen MR) is 70.6 cm³/mol. The van der Waals surface area contributed by atoms with Gasteiger partial charge in [0.15, 0.2) is 0 Å². The quantitative estimate of drug-likeness (QED) is 0.500. The third-order valence-corrected chi connectivity index (χ3v) is 2.91. The van der Waals surface area contributed by atoms with Crippen LogP contribution >= 0.6 is 11.6 Å². The zero-order chi connectivity index (χ0) is 12.1. The third-order valence-electron chi connectivity index (χ3n) is 2.66. The van der Waals surface area contributed by atoms with E-state index in [1.807, 2.05) is 31.2 Å². The molecule has 92 valence electrons. The van der Waals surface area contributed by atoms with E-state index in [0.717, 1.165) is 42.8 Å². The second kappa shape index (κ2) is 5.89. The van der Waals surface area contributed by atoms with E-state index in [1.54, 1.807) is 0 Å². The van der Waals surface area contributed by atoms with Gasteiger partial charge in [-0.3, -0.25) is 5.43 Å². The lowest BCUT2D eigenvalue weighted by Crippen LogP contribution is -2.39. The van der Waals surface area contributed by atoms with Crippen molar-refractivity contribution in [1.29, 1.82) is 0 Å². The maximum atomic E-state index is 5.81. The number of benzene rings is 1. The van der Waals surface area contributed by atoms with Crippen LogP contribution < -0.4 is 5.43 Å². The molecule has 1 aliphatic rings. The third kappa shape index (κ3) is 3.61. The number of hydrazone groups is 1. The van der Waals surface area contributed by atoms with E-state index < -0.39 is 0 Å². The largest absolute Gasteiger partial charge is 0.378 e. The smallest absolute Gasteiger partial charge is 0.122 e. The summed E-state index contributed by atoms with van der Waals surface area (Å²) in [5, 5.41) is 5.07. The van der Waals surface area contributed by atoms with Crippen LogP contribution in [0.4, 0.5) is 5.69 Å². The van der Waals surface area contributed by atoms with E-state index in [-0.39, 0.29) is 0 Å². The average Bonchev–Trinajstić information content (AvgIpc) is 2.39. The van der Waals surface area contributed by atoms with Crippen molar-refractivity contribution in [3.8, 4) is 0 Å². The summed E-state index contributed by atoms with van der Waals surface area (Å²) < 4.78 is 5.29. The van der Waals surface area contributed by atoms with Gasteiger partial charge >= 0.3 is 0 Å². The molecule has 5 heteroatoms. The molecule has 0 aliphatic carbocycles. The first-order valence-electron chi connectivity index (χ1n) is 5.64. The first-order chi connectivity index (χ1) is 8.25. The normalized spacial score (nSPS) is 17.1. The van der Waals surface area contributed by atoms with Crippen LogP contribution in [0.25, 0.3) is 0 Å². The van der Waals surface area contributed by atoms with E-state index in [0.29, 0.717) is 0 Å². The van der Waals surface area contributed by atoms with Crippen molar-refractivity contribution in [3.63, 3.8) is 0 Å². The van der Waals surface area contributed by atoms with Gasteiger partial charge in [-0.15, -0.1) is 0 Å². The van der Waals surface area contributed by atoms with E-state index in [9.17, 15) is 0 Å². The summed E-state index contributed by atoms with van der Waals surface area (Å²) in [6.45, 7) is 5.34. The maximum Gasteiger partial charge on any atom is 0.122 e. The molecule has 1 aromatic carbocycles. The molecule has 2 rings (SSSR count). The molecule has 1 aliphatic heterocycles. The maximum absolute atomic E-state index is 5.81. The van der Waals surface area contributed by atoms with Crippen LogP contribution in [0.2, 0.25) is 5.02 Å². The molecule has 0 bridgehead atoms. The first-order valence-corrected chi connectivity index (χ1v) is 6.02. The molecular weight excluding hydrogens is 238 g/mol. The minimum Gasteiger partial charge on any atom is -0.378 e. The van der Waals surface area contributed by atoms with E-state index in [4.69, 9.17) is 16.3 Å². The van der Waals surface area contributed by atoms with Gasteiger partial charge in [0.05, 0.1) is 18.9 Å². The summed E-state index contributed by atoms with van der Waals surface area (Å²) in [7, 11) is 0. The Morgan fingerprint density at radius 1 is 1.29 bits per heavy atom. The fourth-order valence-corrected chi connectivity index (χ4v) is 1.75. The summed E-state index contributed by atoms with van der Waals surface area (Å²) >= 11 is 5.81. The lowest BCUT2D eigenvalue weighted by molar-refractivity contribution is 0.0678. The number of amidine groups is 1. The molecule has 1 aromatic rings. The van der Waals surface area contributed by atoms with Gasteiger partial charge in [-0.25, -0.2) is 0 Å². The second-order valence-corrected chi connectivity index (χ2v) is 4.31. The monoisotopic (exact) mass is 253 g/mol. The Morgan fingerprint density at radius 2 is 1.94 bits per heavy atom. The minimum atomic E-state index is 0.726. The number of morpholine rings is 1. The fraction of sp³-hybridized carbons (Fsp3) is 0.417. The average molecular weight is 254 g/mol. The highest BCUT2D eigenvalue weighted by Crippen LogP contribution is 2.13. The highest BCUT2D eigenvalue weighted by Gasteiger charge is 2.11. The van der Waals surface area contributed by atoms with Crippen LogP contribution in [0.1, 0.15) is 6.92 Å². The Morgan fingerprint density at radius 3 is 2.59 bits per heavy atom. The van der Waals surface area contributed by atoms with E-state index >= 15 is 0 Å². The van der Waals surface area contributed by atoms with Gasteiger partial charge in [-0.1, -0.05) is 11.6 Å². The van der Waals surface area contributed by atoms with Gasteiger partial charge in [0.1, 0.15) is 5.84 Å². The number of halogens is 1. The van der Waals surface area contributed by atoms with Crippen LogP contribution in [-0.2, 0) is 4.74 Å². The minimum absolute atomic E-state index is 0.726. The number of anilines is 1. The van der Waals surface area contributed by atoms with Crippen LogP contribution in [-0.4, -0.2) is 37.0 Å². The van der Waals surface area contributed by atoms with Crippen molar-refractivity contribution in [3.05, 3.63) is 29.3 Å². The Balaban J connectivity index is 1.92. The molecule has 0 unspecified atom stereocenters. The Kier molecular flexibility index (Phi) is 4.23. The molecule has 1 N–H and O–H groups in total. The summed E-state index contributed by atoms with van der Waals surface area (Å²) in [6, 6.07) is 7.48.